The molecule has 0 aromatic rings. The van der Waals surface area contributed by atoms with Crippen LogP contribution in [-0.2, 0) is 14.3 Å². The second-order valence-electron chi connectivity index (χ2n) is 3.98. The molecule has 2 fully saturated rings. The Bertz CT molecular complexity index is 349. The zero-order valence-corrected chi connectivity index (χ0v) is 7.11. The van der Waals surface area contributed by atoms with Gasteiger partial charge in [0.2, 0.25) is 11.8 Å². The lowest BCUT2D eigenvalue weighted by molar-refractivity contribution is -0.129. The molecule has 2 amide bonds. The van der Waals surface area contributed by atoms with Crippen molar-refractivity contribution in [3.8, 4) is 0 Å². The van der Waals surface area contributed by atoms with Crippen LogP contribution in [0.15, 0.2) is 12.2 Å². The Balaban J connectivity index is 2.13. The summed E-state index contributed by atoms with van der Waals surface area (Å²) in [5.74, 6) is -0.977. The van der Waals surface area contributed by atoms with E-state index in [-0.39, 0.29) is 29.8 Å². The summed E-state index contributed by atoms with van der Waals surface area (Å²) in [6.07, 6.45) is 3.57. The molecule has 0 saturated carbocycles. The van der Waals surface area contributed by atoms with E-state index in [4.69, 9.17) is 4.74 Å². The number of hydrogen-bond donors (Lipinski definition) is 1. The average Bonchev–Trinajstić information content (AvgIpc) is 2.62. The Morgan fingerprint density at radius 1 is 1.46 bits per heavy atom. The molecule has 4 atom stereocenters. The van der Waals surface area contributed by atoms with E-state index in [0.717, 1.165) is 0 Å². The van der Waals surface area contributed by atoms with Crippen molar-refractivity contribution >= 4 is 11.8 Å². The largest absolute Gasteiger partial charge is 0.362 e. The van der Waals surface area contributed by atoms with Crippen molar-refractivity contribution in [3.63, 3.8) is 0 Å². The lowest BCUT2D eigenvalue weighted by atomic mass is 9.78. The Morgan fingerprint density at radius 2 is 2.23 bits per heavy atom. The summed E-state index contributed by atoms with van der Waals surface area (Å²) in [6.45, 7) is 1.85. The minimum absolute atomic E-state index is 0.187. The molecule has 0 aromatic heterocycles. The van der Waals surface area contributed by atoms with Gasteiger partial charge in [0.1, 0.15) is 0 Å². The molecule has 0 aromatic carbocycles. The van der Waals surface area contributed by atoms with Crippen LogP contribution in [-0.4, -0.2) is 23.5 Å². The first-order chi connectivity index (χ1) is 6.12. The number of nitrogens with one attached hydrogen (secondary N) is 1. The normalized spacial score (nSPS) is 51.3. The minimum Gasteiger partial charge on any atom is -0.362 e. The van der Waals surface area contributed by atoms with Crippen LogP contribution in [0.4, 0.5) is 0 Å². The van der Waals surface area contributed by atoms with E-state index in [1.165, 1.54) is 0 Å². The molecule has 4 nitrogen and oxygen atoms in total. The van der Waals surface area contributed by atoms with Gasteiger partial charge in [-0.15, -0.1) is 0 Å². The zero-order chi connectivity index (χ0) is 9.22. The van der Waals surface area contributed by atoms with E-state index in [1.54, 1.807) is 0 Å². The highest BCUT2D eigenvalue weighted by Gasteiger charge is 2.63. The van der Waals surface area contributed by atoms with Crippen molar-refractivity contribution in [2.45, 2.75) is 18.6 Å². The number of amides is 2. The molecule has 0 spiro atoms. The van der Waals surface area contributed by atoms with Crippen LogP contribution < -0.4 is 5.32 Å². The van der Waals surface area contributed by atoms with Crippen LogP contribution in [0.3, 0.4) is 0 Å². The molecule has 3 heterocycles. The maximum atomic E-state index is 11.4. The number of ether oxygens (including phenoxy) is 1. The van der Waals surface area contributed by atoms with Gasteiger partial charge < -0.3 is 4.74 Å². The summed E-state index contributed by atoms with van der Waals surface area (Å²) >= 11 is 0. The van der Waals surface area contributed by atoms with E-state index in [1.807, 2.05) is 19.1 Å². The van der Waals surface area contributed by atoms with Gasteiger partial charge in [-0.05, 0) is 6.92 Å². The van der Waals surface area contributed by atoms with Crippen molar-refractivity contribution in [1.82, 2.24) is 5.32 Å². The molecular formula is C9H9NO3. The highest BCUT2D eigenvalue weighted by atomic mass is 16.5. The molecule has 13 heavy (non-hydrogen) atoms. The smallest absolute Gasteiger partial charge is 0.233 e. The lowest BCUT2D eigenvalue weighted by Gasteiger charge is -2.21. The molecular weight excluding hydrogens is 170 g/mol. The number of imide groups is 1. The standard InChI is InChI=1S/C9H9NO3/c1-9-3-2-4(13-9)5-6(9)8(12)10-7(5)11/h2-6H,1H3,(H,10,11,12)/t4-,5-,6+,9+/m1/s1. The summed E-state index contributed by atoms with van der Waals surface area (Å²) in [5, 5.41) is 2.35. The van der Waals surface area contributed by atoms with Crippen LogP contribution in [0, 0.1) is 11.8 Å². The van der Waals surface area contributed by atoms with Gasteiger partial charge >= 0.3 is 0 Å². The molecule has 68 valence electrons. The predicted molar refractivity (Wildman–Crippen MR) is 42.5 cm³/mol. The fraction of sp³-hybridized carbons (Fsp3) is 0.556. The number of carbonyl (C=O) groups excluding carboxylic acids is 2. The first-order valence-corrected chi connectivity index (χ1v) is 4.34. The molecule has 3 aliphatic heterocycles. The molecule has 4 heteroatoms. The highest BCUT2D eigenvalue weighted by Crippen LogP contribution is 2.48. The summed E-state index contributed by atoms with van der Waals surface area (Å²) < 4.78 is 5.57. The number of fused-ring (bicyclic) bond motifs is 5. The monoisotopic (exact) mass is 179 g/mol. The van der Waals surface area contributed by atoms with Crippen molar-refractivity contribution in [1.29, 1.82) is 0 Å². The third kappa shape index (κ3) is 0.659. The molecule has 1 N–H and O–H groups in total. The Kier molecular flexibility index (Phi) is 1.03. The van der Waals surface area contributed by atoms with Gasteiger partial charge in [0, 0.05) is 0 Å². The first-order valence-electron chi connectivity index (χ1n) is 4.34. The van der Waals surface area contributed by atoms with Gasteiger partial charge in [0.05, 0.1) is 23.5 Å². The maximum absolute atomic E-state index is 11.4. The van der Waals surface area contributed by atoms with Crippen LogP contribution in [0.1, 0.15) is 6.92 Å². The van der Waals surface area contributed by atoms with E-state index in [0.29, 0.717) is 0 Å². The molecule has 0 radical (unpaired) electrons. The molecule has 0 unspecified atom stereocenters. The fourth-order valence-electron chi connectivity index (χ4n) is 2.58. The number of rotatable bonds is 0. The van der Waals surface area contributed by atoms with E-state index in [2.05, 4.69) is 5.32 Å². The van der Waals surface area contributed by atoms with Crippen molar-refractivity contribution in [2.75, 3.05) is 0 Å². The third-order valence-corrected chi connectivity index (χ3v) is 3.17. The van der Waals surface area contributed by atoms with Crippen molar-refractivity contribution in [2.24, 2.45) is 11.8 Å². The van der Waals surface area contributed by atoms with Crippen LogP contribution in [0.2, 0.25) is 0 Å². The lowest BCUT2D eigenvalue weighted by Crippen LogP contribution is -2.36. The predicted octanol–water partition coefficient (Wildman–Crippen LogP) is -0.398. The van der Waals surface area contributed by atoms with Crippen molar-refractivity contribution in [3.05, 3.63) is 12.2 Å². The first kappa shape index (κ1) is 7.26. The topological polar surface area (TPSA) is 55.4 Å². The average molecular weight is 179 g/mol. The molecule has 3 aliphatic rings. The number of hydrogen-bond acceptors (Lipinski definition) is 3. The maximum Gasteiger partial charge on any atom is 0.233 e. The molecule has 2 bridgehead atoms. The van der Waals surface area contributed by atoms with Gasteiger partial charge in [-0.1, -0.05) is 12.2 Å². The molecule has 0 aliphatic carbocycles. The molecule has 3 rings (SSSR count). The zero-order valence-electron chi connectivity index (χ0n) is 7.11. The summed E-state index contributed by atoms with van der Waals surface area (Å²) in [5.41, 5.74) is -0.550. The SMILES string of the molecule is C[C@@]12C=C[C@@H](O1)[C@H]1C(=O)NC(=O)[C@H]12. The van der Waals surface area contributed by atoms with E-state index < -0.39 is 5.60 Å². The van der Waals surface area contributed by atoms with Gasteiger partial charge in [-0.3, -0.25) is 14.9 Å². The Labute approximate surface area is 74.9 Å². The van der Waals surface area contributed by atoms with Gasteiger partial charge in [-0.2, -0.15) is 0 Å². The third-order valence-electron chi connectivity index (χ3n) is 3.17. The summed E-state index contributed by atoms with van der Waals surface area (Å²) in [4.78, 5) is 22.8. The second-order valence-corrected chi connectivity index (χ2v) is 3.98. The van der Waals surface area contributed by atoms with Crippen LogP contribution >= 0.6 is 0 Å². The van der Waals surface area contributed by atoms with Crippen LogP contribution in [0.25, 0.3) is 0 Å². The van der Waals surface area contributed by atoms with E-state index in [9.17, 15) is 9.59 Å². The highest BCUT2D eigenvalue weighted by molar-refractivity contribution is 6.07. The Morgan fingerprint density at radius 3 is 2.92 bits per heavy atom. The minimum atomic E-state index is -0.550. The number of carbonyl (C=O) groups is 2. The fourth-order valence-corrected chi connectivity index (χ4v) is 2.58. The van der Waals surface area contributed by atoms with Gasteiger partial charge in [-0.25, -0.2) is 0 Å². The van der Waals surface area contributed by atoms with Gasteiger partial charge in [0.15, 0.2) is 0 Å². The summed E-state index contributed by atoms with van der Waals surface area (Å²) in [6, 6.07) is 0. The summed E-state index contributed by atoms with van der Waals surface area (Å²) in [7, 11) is 0. The van der Waals surface area contributed by atoms with Gasteiger partial charge in [0.25, 0.3) is 0 Å². The Hall–Kier alpha value is -1.16. The second kappa shape index (κ2) is 1.85. The quantitative estimate of drug-likeness (QED) is 0.406. The van der Waals surface area contributed by atoms with Crippen LogP contribution in [0.5, 0.6) is 0 Å². The van der Waals surface area contributed by atoms with E-state index >= 15 is 0 Å². The molecule has 2 saturated heterocycles. The van der Waals surface area contributed by atoms with Crippen molar-refractivity contribution < 1.29 is 14.3 Å².